The van der Waals surface area contributed by atoms with E-state index in [0.29, 0.717) is 12.5 Å². The molecule has 1 unspecified atom stereocenters. The van der Waals surface area contributed by atoms with Crippen molar-refractivity contribution in [1.29, 1.82) is 0 Å². The van der Waals surface area contributed by atoms with Gasteiger partial charge in [-0.3, -0.25) is 9.59 Å². The molecule has 5 heteroatoms. The van der Waals surface area contributed by atoms with Crippen LogP contribution in [-0.2, 0) is 9.59 Å². The maximum atomic E-state index is 12.2. The van der Waals surface area contributed by atoms with Gasteiger partial charge >= 0.3 is 0 Å². The summed E-state index contributed by atoms with van der Waals surface area (Å²) in [5.74, 6) is 0.512. The lowest BCUT2D eigenvalue weighted by atomic mass is 9.89. The Morgan fingerprint density at radius 1 is 1.11 bits per heavy atom. The van der Waals surface area contributed by atoms with Crippen molar-refractivity contribution in [2.75, 3.05) is 19.6 Å². The first-order chi connectivity index (χ1) is 9.22. The molecule has 19 heavy (non-hydrogen) atoms. The predicted molar refractivity (Wildman–Crippen MR) is 73.4 cm³/mol. The Bertz CT molecular complexity index is 327. The van der Waals surface area contributed by atoms with Crippen LogP contribution in [0.3, 0.4) is 0 Å². The van der Waals surface area contributed by atoms with Crippen LogP contribution in [-0.4, -0.2) is 42.4 Å². The number of amides is 2. The Labute approximate surface area is 114 Å². The van der Waals surface area contributed by atoms with Crippen LogP contribution in [0.4, 0.5) is 0 Å². The third-order valence-electron chi connectivity index (χ3n) is 4.34. The SMILES string of the molecule is NCC(=O)N1CCCC1C(=O)NCC1CCCCC1. The molecule has 1 aliphatic heterocycles. The van der Waals surface area contributed by atoms with E-state index < -0.39 is 0 Å². The molecule has 108 valence electrons. The fraction of sp³-hybridized carbons (Fsp3) is 0.857. The zero-order valence-corrected chi connectivity index (χ0v) is 11.6. The minimum Gasteiger partial charge on any atom is -0.354 e. The molecule has 1 atom stereocenters. The van der Waals surface area contributed by atoms with Gasteiger partial charge in [-0.25, -0.2) is 0 Å². The highest BCUT2D eigenvalue weighted by atomic mass is 16.2. The first kappa shape index (κ1) is 14.3. The highest BCUT2D eigenvalue weighted by molar-refractivity contribution is 5.88. The van der Waals surface area contributed by atoms with Crippen molar-refractivity contribution >= 4 is 11.8 Å². The van der Waals surface area contributed by atoms with Crippen LogP contribution in [0, 0.1) is 5.92 Å². The van der Waals surface area contributed by atoms with E-state index in [2.05, 4.69) is 5.32 Å². The summed E-state index contributed by atoms with van der Waals surface area (Å²) in [6.45, 7) is 1.42. The van der Waals surface area contributed by atoms with Gasteiger partial charge in [0.2, 0.25) is 11.8 Å². The van der Waals surface area contributed by atoms with Crippen molar-refractivity contribution in [1.82, 2.24) is 10.2 Å². The Hall–Kier alpha value is -1.10. The van der Waals surface area contributed by atoms with E-state index in [4.69, 9.17) is 5.73 Å². The van der Waals surface area contributed by atoms with Gasteiger partial charge in [0.05, 0.1) is 6.54 Å². The molecule has 2 aliphatic rings. The van der Waals surface area contributed by atoms with Gasteiger partial charge in [-0.05, 0) is 31.6 Å². The van der Waals surface area contributed by atoms with Crippen LogP contribution >= 0.6 is 0 Å². The highest BCUT2D eigenvalue weighted by Crippen LogP contribution is 2.23. The molecule has 1 saturated carbocycles. The van der Waals surface area contributed by atoms with Crippen molar-refractivity contribution in [3.8, 4) is 0 Å². The molecule has 0 radical (unpaired) electrons. The molecule has 0 aromatic heterocycles. The lowest BCUT2D eigenvalue weighted by molar-refractivity contribution is -0.137. The molecule has 3 N–H and O–H groups in total. The number of hydrogen-bond acceptors (Lipinski definition) is 3. The number of nitrogens with two attached hydrogens (primary N) is 1. The molecule has 2 rings (SSSR count). The average molecular weight is 267 g/mol. The molecule has 1 saturated heterocycles. The standard InChI is InChI=1S/C14H25N3O2/c15-9-13(18)17-8-4-7-12(17)14(19)16-10-11-5-2-1-3-6-11/h11-12H,1-10,15H2,(H,16,19). The monoisotopic (exact) mass is 267 g/mol. The molecule has 2 amide bonds. The molecule has 0 aromatic carbocycles. The van der Waals surface area contributed by atoms with Crippen LogP contribution in [0.25, 0.3) is 0 Å². The number of carbonyl (C=O) groups is 2. The van der Waals surface area contributed by atoms with E-state index >= 15 is 0 Å². The van der Waals surface area contributed by atoms with E-state index in [1.54, 1.807) is 4.90 Å². The number of carbonyl (C=O) groups excluding carboxylic acids is 2. The topological polar surface area (TPSA) is 75.4 Å². The van der Waals surface area contributed by atoms with E-state index in [-0.39, 0.29) is 24.4 Å². The zero-order valence-electron chi connectivity index (χ0n) is 11.6. The molecule has 0 bridgehead atoms. The van der Waals surface area contributed by atoms with Gasteiger partial charge in [-0.2, -0.15) is 0 Å². The maximum absolute atomic E-state index is 12.2. The largest absolute Gasteiger partial charge is 0.354 e. The van der Waals surface area contributed by atoms with Crippen molar-refractivity contribution in [3.63, 3.8) is 0 Å². The predicted octanol–water partition coefficient (Wildman–Crippen LogP) is 0.633. The molecular formula is C14H25N3O2. The molecule has 1 heterocycles. The summed E-state index contributed by atoms with van der Waals surface area (Å²) >= 11 is 0. The van der Waals surface area contributed by atoms with E-state index in [1.807, 2.05) is 0 Å². The maximum Gasteiger partial charge on any atom is 0.242 e. The molecular weight excluding hydrogens is 242 g/mol. The summed E-state index contributed by atoms with van der Waals surface area (Å²) < 4.78 is 0. The minimum atomic E-state index is -0.292. The summed E-state index contributed by atoms with van der Waals surface area (Å²) in [5.41, 5.74) is 5.38. The third-order valence-corrected chi connectivity index (χ3v) is 4.34. The lowest BCUT2D eigenvalue weighted by Gasteiger charge is -2.26. The normalized spacial score (nSPS) is 24.5. The van der Waals surface area contributed by atoms with Crippen molar-refractivity contribution in [3.05, 3.63) is 0 Å². The van der Waals surface area contributed by atoms with Crippen LogP contribution < -0.4 is 11.1 Å². The van der Waals surface area contributed by atoms with Crippen molar-refractivity contribution < 1.29 is 9.59 Å². The number of likely N-dealkylation sites (tertiary alicyclic amines) is 1. The van der Waals surface area contributed by atoms with Crippen LogP contribution in [0.2, 0.25) is 0 Å². The van der Waals surface area contributed by atoms with Gasteiger partial charge in [-0.15, -0.1) is 0 Å². The van der Waals surface area contributed by atoms with Crippen LogP contribution in [0.15, 0.2) is 0 Å². The summed E-state index contributed by atoms with van der Waals surface area (Å²) in [5, 5.41) is 3.03. The first-order valence-electron chi connectivity index (χ1n) is 7.49. The Kier molecular flexibility index (Phi) is 5.19. The van der Waals surface area contributed by atoms with Crippen molar-refractivity contribution in [2.24, 2.45) is 11.7 Å². The highest BCUT2D eigenvalue weighted by Gasteiger charge is 2.33. The summed E-state index contributed by atoms with van der Waals surface area (Å²) in [7, 11) is 0. The molecule has 0 aromatic rings. The Morgan fingerprint density at radius 2 is 1.84 bits per heavy atom. The van der Waals surface area contributed by atoms with Gasteiger partial charge < -0.3 is 16.0 Å². The second kappa shape index (κ2) is 6.89. The second-order valence-corrected chi connectivity index (χ2v) is 5.70. The van der Waals surface area contributed by atoms with Gasteiger partial charge in [-0.1, -0.05) is 19.3 Å². The number of nitrogens with zero attached hydrogens (tertiary/aromatic N) is 1. The summed E-state index contributed by atoms with van der Waals surface area (Å²) in [6.07, 6.45) is 7.98. The van der Waals surface area contributed by atoms with Crippen molar-refractivity contribution in [2.45, 2.75) is 51.0 Å². The van der Waals surface area contributed by atoms with E-state index in [0.717, 1.165) is 19.4 Å². The molecule has 5 nitrogen and oxygen atoms in total. The Balaban J connectivity index is 1.79. The third kappa shape index (κ3) is 3.69. The number of nitrogens with one attached hydrogen (secondary N) is 1. The zero-order chi connectivity index (χ0) is 13.7. The summed E-state index contributed by atoms with van der Waals surface area (Å²) in [4.78, 5) is 25.5. The van der Waals surface area contributed by atoms with Gasteiger partial charge in [0.15, 0.2) is 0 Å². The smallest absolute Gasteiger partial charge is 0.242 e. The lowest BCUT2D eigenvalue weighted by Crippen LogP contribution is -2.48. The van der Waals surface area contributed by atoms with Crippen LogP contribution in [0.5, 0.6) is 0 Å². The molecule has 1 aliphatic carbocycles. The van der Waals surface area contributed by atoms with E-state index in [9.17, 15) is 9.59 Å². The van der Waals surface area contributed by atoms with E-state index in [1.165, 1.54) is 32.1 Å². The quantitative estimate of drug-likeness (QED) is 0.784. The van der Waals surface area contributed by atoms with Gasteiger partial charge in [0.25, 0.3) is 0 Å². The number of rotatable bonds is 4. The second-order valence-electron chi connectivity index (χ2n) is 5.70. The fourth-order valence-electron chi connectivity index (χ4n) is 3.21. The Morgan fingerprint density at radius 3 is 2.53 bits per heavy atom. The summed E-state index contributed by atoms with van der Waals surface area (Å²) in [6, 6.07) is -0.292. The average Bonchev–Trinajstić information content (AvgIpc) is 2.94. The first-order valence-corrected chi connectivity index (χ1v) is 7.49. The minimum absolute atomic E-state index is 0.00451. The van der Waals surface area contributed by atoms with Gasteiger partial charge in [0, 0.05) is 13.1 Å². The van der Waals surface area contributed by atoms with Crippen LogP contribution in [0.1, 0.15) is 44.9 Å². The molecule has 0 spiro atoms. The van der Waals surface area contributed by atoms with Gasteiger partial charge in [0.1, 0.15) is 6.04 Å². The fourth-order valence-corrected chi connectivity index (χ4v) is 3.21. The number of hydrogen-bond donors (Lipinski definition) is 2. The molecule has 2 fully saturated rings.